The zero-order valence-electron chi connectivity index (χ0n) is 17.7. The van der Waals surface area contributed by atoms with E-state index in [4.69, 9.17) is 0 Å². The number of aryl methyl sites for hydroxylation is 1. The first-order valence-electron chi connectivity index (χ1n) is 10.6. The summed E-state index contributed by atoms with van der Waals surface area (Å²) in [4.78, 5) is 28.5. The van der Waals surface area contributed by atoms with Crippen molar-refractivity contribution in [1.29, 1.82) is 0 Å². The number of carbonyl (C=O) groups excluding carboxylic acids is 2. The third-order valence-corrected chi connectivity index (χ3v) is 7.84. The standard InChI is InChI=1S/C23H27N3O4S/c1-18-4-10-21(11-5-18)31(29,30)26-15-13-24(14-16-26)23(28)20-8-6-19(7-9-20)17-25-12-2-3-22(25)27/h4-11H,2-3,12-17H2,1H3. The zero-order chi connectivity index (χ0) is 22.0. The molecule has 0 N–H and O–H groups in total. The molecule has 4 rings (SSSR count). The largest absolute Gasteiger partial charge is 0.338 e. The number of sulfonamides is 1. The number of rotatable bonds is 5. The Kier molecular flexibility index (Phi) is 6.11. The molecule has 2 aliphatic rings. The van der Waals surface area contributed by atoms with Crippen LogP contribution in [-0.2, 0) is 21.4 Å². The van der Waals surface area contributed by atoms with E-state index in [0.29, 0.717) is 31.6 Å². The summed E-state index contributed by atoms with van der Waals surface area (Å²) in [6, 6.07) is 14.2. The molecule has 7 nitrogen and oxygen atoms in total. The second-order valence-electron chi connectivity index (χ2n) is 8.13. The molecule has 2 aliphatic heterocycles. The van der Waals surface area contributed by atoms with E-state index >= 15 is 0 Å². The second-order valence-corrected chi connectivity index (χ2v) is 10.1. The highest BCUT2D eigenvalue weighted by atomic mass is 32.2. The Morgan fingerprint density at radius 3 is 2.13 bits per heavy atom. The first-order chi connectivity index (χ1) is 14.8. The van der Waals surface area contributed by atoms with E-state index in [9.17, 15) is 18.0 Å². The van der Waals surface area contributed by atoms with Gasteiger partial charge in [-0.25, -0.2) is 8.42 Å². The van der Waals surface area contributed by atoms with Gasteiger partial charge in [0.2, 0.25) is 15.9 Å². The van der Waals surface area contributed by atoms with Crippen molar-refractivity contribution in [1.82, 2.24) is 14.1 Å². The summed E-state index contributed by atoms with van der Waals surface area (Å²) in [5, 5.41) is 0. The van der Waals surface area contributed by atoms with Crippen molar-refractivity contribution in [3.8, 4) is 0 Å². The molecule has 0 aromatic heterocycles. The highest BCUT2D eigenvalue weighted by Gasteiger charge is 2.30. The topological polar surface area (TPSA) is 78.0 Å². The molecule has 2 aromatic rings. The Morgan fingerprint density at radius 1 is 0.903 bits per heavy atom. The Morgan fingerprint density at radius 2 is 1.55 bits per heavy atom. The van der Waals surface area contributed by atoms with E-state index in [1.165, 1.54) is 4.31 Å². The molecule has 2 amide bonds. The highest BCUT2D eigenvalue weighted by Crippen LogP contribution is 2.20. The molecule has 31 heavy (non-hydrogen) atoms. The molecular formula is C23H27N3O4S. The summed E-state index contributed by atoms with van der Waals surface area (Å²) in [6.07, 6.45) is 1.52. The summed E-state index contributed by atoms with van der Waals surface area (Å²) >= 11 is 0. The van der Waals surface area contributed by atoms with Crippen LogP contribution < -0.4 is 0 Å². The van der Waals surface area contributed by atoms with Gasteiger partial charge in [-0.2, -0.15) is 4.31 Å². The van der Waals surface area contributed by atoms with Crippen molar-refractivity contribution >= 4 is 21.8 Å². The van der Waals surface area contributed by atoms with Crippen LogP contribution in [0.2, 0.25) is 0 Å². The predicted molar refractivity (Wildman–Crippen MR) is 117 cm³/mol. The number of benzene rings is 2. The van der Waals surface area contributed by atoms with Crippen LogP contribution in [-0.4, -0.2) is 67.1 Å². The van der Waals surface area contributed by atoms with E-state index in [1.54, 1.807) is 41.3 Å². The van der Waals surface area contributed by atoms with Crippen LogP contribution in [0, 0.1) is 6.92 Å². The van der Waals surface area contributed by atoms with Gasteiger partial charge in [-0.3, -0.25) is 9.59 Å². The number of piperazine rings is 1. The van der Waals surface area contributed by atoms with Crippen molar-refractivity contribution in [2.75, 3.05) is 32.7 Å². The summed E-state index contributed by atoms with van der Waals surface area (Å²) in [6.45, 7) is 4.54. The third kappa shape index (κ3) is 4.65. The van der Waals surface area contributed by atoms with Gasteiger partial charge in [0.25, 0.3) is 5.91 Å². The van der Waals surface area contributed by atoms with Gasteiger partial charge in [-0.05, 0) is 43.2 Å². The van der Waals surface area contributed by atoms with Crippen molar-refractivity contribution < 1.29 is 18.0 Å². The normalized spacial score (nSPS) is 17.9. The number of likely N-dealkylation sites (tertiary alicyclic amines) is 1. The fourth-order valence-electron chi connectivity index (χ4n) is 4.02. The first-order valence-corrected chi connectivity index (χ1v) is 12.0. The van der Waals surface area contributed by atoms with E-state index in [0.717, 1.165) is 24.1 Å². The Hall–Kier alpha value is -2.71. The molecule has 164 valence electrons. The van der Waals surface area contributed by atoms with E-state index in [1.807, 2.05) is 24.0 Å². The highest BCUT2D eigenvalue weighted by molar-refractivity contribution is 7.89. The molecule has 8 heteroatoms. The predicted octanol–water partition coefficient (Wildman–Crippen LogP) is 2.26. The van der Waals surface area contributed by atoms with Crippen LogP contribution in [0.5, 0.6) is 0 Å². The van der Waals surface area contributed by atoms with Gasteiger partial charge >= 0.3 is 0 Å². The average molecular weight is 442 g/mol. The van der Waals surface area contributed by atoms with Crippen molar-refractivity contribution in [2.24, 2.45) is 0 Å². The minimum absolute atomic E-state index is 0.101. The van der Waals surface area contributed by atoms with Crippen molar-refractivity contribution in [2.45, 2.75) is 31.2 Å². The molecule has 0 radical (unpaired) electrons. The SMILES string of the molecule is Cc1ccc(S(=O)(=O)N2CCN(C(=O)c3ccc(CN4CCCC4=O)cc3)CC2)cc1. The minimum Gasteiger partial charge on any atom is -0.338 e. The average Bonchev–Trinajstić information content (AvgIpc) is 3.18. The lowest BCUT2D eigenvalue weighted by atomic mass is 10.1. The van der Waals surface area contributed by atoms with Crippen LogP contribution in [0.3, 0.4) is 0 Å². The van der Waals surface area contributed by atoms with Gasteiger partial charge in [0.05, 0.1) is 4.90 Å². The monoisotopic (exact) mass is 441 g/mol. The Labute approximate surface area is 183 Å². The smallest absolute Gasteiger partial charge is 0.253 e. The first kappa shape index (κ1) is 21.5. The molecule has 2 heterocycles. The number of hydrogen-bond donors (Lipinski definition) is 0. The number of carbonyl (C=O) groups is 2. The fourth-order valence-corrected chi connectivity index (χ4v) is 5.44. The Balaban J connectivity index is 1.35. The molecule has 0 bridgehead atoms. The maximum Gasteiger partial charge on any atom is 0.253 e. The number of hydrogen-bond acceptors (Lipinski definition) is 4. The lowest BCUT2D eigenvalue weighted by Gasteiger charge is -2.34. The lowest BCUT2D eigenvalue weighted by Crippen LogP contribution is -2.50. The van der Waals surface area contributed by atoms with Gasteiger partial charge in [0, 0.05) is 51.3 Å². The van der Waals surface area contributed by atoms with Gasteiger partial charge in [0.1, 0.15) is 0 Å². The summed E-state index contributed by atoms with van der Waals surface area (Å²) in [5.74, 6) is 0.0785. The van der Waals surface area contributed by atoms with Gasteiger partial charge in [0.15, 0.2) is 0 Å². The van der Waals surface area contributed by atoms with E-state index in [2.05, 4.69) is 0 Å². The lowest BCUT2D eigenvalue weighted by molar-refractivity contribution is -0.128. The Bertz CT molecular complexity index is 1060. The minimum atomic E-state index is -3.55. The molecule has 0 aliphatic carbocycles. The van der Waals surface area contributed by atoms with Gasteiger partial charge in [-0.15, -0.1) is 0 Å². The second kappa shape index (κ2) is 8.80. The molecule has 2 aromatic carbocycles. The zero-order valence-corrected chi connectivity index (χ0v) is 18.5. The van der Waals surface area contributed by atoms with E-state index in [-0.39, 0.29) is 29.8 Å². The third-order valence-electron chi connectivity index (χ3n) is 5.93. The molecule has 0 unspecified atom stereocenters. The fraction of sp³-hybridized carbons (Fsp3) is 0.391. The van der Waals surface area contributed by atoms with Gasteiger partial charge in [-0.1, -0.05) is 29.8 Å². The molecule has 2 saturated heterocycles. The molecule has 0 saturated carbocycles. The maximum absolute atomic E-state index is 12.9. The van der Waals surface area contributed by atoms with Crippen LogP contribution in [0.25, 0.3) is 0 Å². The quantitative estimate of drug-likeness (QED) is 0.713. The molecule has 0 atom stereocenters. The number of nitrogens with zero attached hydrogens (tertiary/aromatic N) is 3. The molecular weight excluding hydrogens is 414 g/mol. The van der Waals surface area contributed by atoms with Crippen LogP contribution in [0.1, 0.15) is 34.3 Å². The summed E-state index contributed by atoms with van der Waals surface area (Å²) < 4.78 is 27.1. The number of amides is 2. The maximum atomic E-state index is 12.9. The molecule has 2 fully saturated rings. The van der Waals surface area contributed by atoms with Crippen molar-refractivity contribution in [3.63, 3.8) is 0 Å². The molecule has 0 spiro atoms. The summed E-state index contributed by atoms with van der Waals surface area (Å²) in [5.41, 5.74) is 2.58. The van der Waals surface area contributed by atoms with E-state index < -0.39 is 10.0 Å². The van der Waals surface area contributed by atoms with Crippen LogP contribution in [0.15, 0.2) is 53.4 Å². The summed E-state index contributed by atoms with van der Waals surface area (Å²) in [7, 11) is -3.55. The van der Waals surface area contributed by atoms with Gasteiger partial charge < -0.3 is 9.80 Å². The van der Waals surface area contributed by atoms with Crippen molar-refractivity contribution in [3.05, 3.63) is 65.2 Å². The van der Waals surface area contributed by atoms with Crippen LogP contribution >= 0.6 is 0 Å². The van der Waals surface area contributed by atoms with Crippen LogP contribution in [0.4, 0.5) is 0 Å².